The molecule has 2 rings (SSSR count). The third-order valence-corrected chi connectivity index (χ3v) is 3.51. The second-order valence-electron chi connectivity index (χ2n) is 5.22. The van der Waals surface area contributed by atoms with Crippen LogP contribution in [0.15, 0.2) is 48.5 Å². The van der Waals surface area contributed by atoms with Crippen molar-refractivity contribution < 1.29 is 9.53 Å². The highest BCUT2D eigenvalue weighted by molar-refractivity contribution is 5.92. The van der Waals surface area contributed by atoms with E-state index in [1.54, 1.807) is 13.2 Å². The zero-order chi connectivity index (χ0) is 15.9. The first-order valence-electron chi connectivity index (χ1n) is 7.25. The number of carbonyl (C=O) groups is 1. The van der Waals surface area contributed by atoms with E-state index in [9.17, 15) is 4.79 Å². The van der Waals surface area contributed by atoms with E-state index in [0.29, 0.717) is 6.54 Å². The van der Waals surface area contributed by atoms with Crippen molar-refractivity contribution in [2.75, 3.05) is 7.11 Å². The number of benzene rings is 2. The van der Waals surface area contributed by atoms with Crippen molar-refractivity contribution in [3.63, 3.8) is 0 Å². The fourth-order valence-corrected chi connectivity index (χ4v) is 2.20. The zero-order valence-corrected chi connectivity index (χ0v) is 13.2. The lowest BCUT2D eigenvalue weighted by Crippen LogP contribution is -2.20. The summed E-state index contributed by atoms with van der Waals surface area (Å²) in [6.07, 6.45) is 3.31. The number of rotatable bonds is 5. The van der Waals surface area contributed by atoms with Crippen molar-refractivity contribution in [2.24, 2.45) is 0 Å². The van der Waals surface area contributed by atoms with Crippen LogP contribution < -0.4 is 10.1 Å². The minimum Gasteiger partial charge on any atom is -0.496 e. The smallest absolute Gasteiger partial charge is 0.244 e. The molecule has 2 aromatic carbocycles. The van der Waals surface area contributed by atoms with E-state index in [1.807, 2.05) is 56.3 Å². The van der Waals surface area contributed by atoms with E-state index >= 15 is 0 Å². The molecule has 0 aliphatic carbocycles. The standard InChI is InChI=1S/C19H21NO2/c1-14-8-10-18(22-3)16(12-14)9-11-19(21)20-13-17-7-5-4-6-15(17)2/h4-12H,13H2,1-3H3,(H,20,21)/b11-9+. The Labute approximate surface area is 131 Å². The Kier molecular flexibility index (Phi) is 5.37. The van der Waals surface area contributed by atoms with E-state index in [0.717, 1.165) is 22.4 Å². The number of nitrogens with one attached hydrogen (secondary N) is 1. The average molecular weight is 295 g/mol. The third kappa shape index (κ3) is 4.22. The second-order valence-corrected chi connectivity index (χ2v) is 5.22. The van der Waals surface area contributed by atoms with Crippen LogP contribution in [0.25, 0.3) is 6.08 Å². The van der Waals surface area contributed by atoms with Crippen LogP contribution in [-0.4, -0.2) is 13.0 Å². The molecule has 0 spiro atoms. The Morgan fingerprint density at radius 2 is 1.95 bits per heavy atom. The molecule has 0 saturated heterocycles. The summed E-state index contributed by atoms with van der Waals surface area (Å²) in [6, 6.07) is 13.9. The summed E-state index contributed by atoms with van der Waals surface area (Å²) in [5, 5.41) is 2.90. The number of hydrogen-bond donors (Lipinski definition) is 1. The van der Waals surface area contributed by atoms with Gasteiger partial charge in [0.15, 0.2) is 0 Å². The maximum absolute atomic E-state index is 11.9. The molecule has 3 nitrogen and oxygen atoms in total. The molecule has 0 unspecified atom stereocenters. The monoisotopic (exact) mass is 295 g/mol. The van der Waals surface area contributed by atoms with Crippen molar-refractivity contribution in [1.29, 1.82) is 0 Å². The van der Waals surface area contributed by atoms with Gasteiger partial charge in [-0.25, -0.2) is 0 Å². The van der Waals surface area contributed by atoms with E-state index in [1.165, 1.54) is 11.6 Å². The molecule has 2 aromatic rings. The Morgan fingerprint density at radius 1 is 1.18 bits per heavy atom. The van der Waals surface area contributed by atoms with E-state index in [4.69, 9.17) is 4.74 Å². The minimum absolute atomic E-state index is 0.119. The molecule has 1 amide bonds. The molecule has 22 heavy (non-hydrogen) atoms. The minimum atomic E-state index is -0.119. The summed E-state index contributed by atoms with van der Waals surface area (Å²) in [7, 11) is 1.63. The van der Waals surface area contributed by atoms with Crippen molar-refractivity contribution >= 4 is 12.0 Å². The highest BCUT2D eigenvalue weighted by Gasteiger charge is 2.02. The summed E-state index contributed by atoms with van der Waals surface area (Å²) in [6.45, 7) is 4.57. The number of amides is 1. The molecule has 3 heteroatoms. The molecule has 0 atom stereocenters. The molecule has 1 N–H and O–H groups in total. The van der Waals surface area contributed by atoms with Gasteiger partial charge in [0.1, 0.15) is 5.75 Å². The SMILES string of the molecule is COc1ccc(C)cc1/C=C/C(=O)NCc1ccccc1C. The Balaban J connectivity index is 2.00. The predicted octanol–water partition coefficient (Wildman–Crippen LogP) is 3.64. The van der Waals surface area contributed by atoms with Gasteiger partial charge in [-0.1, -0.05) is 35.9 Å². The van der Waals surface area contributed by atoms with Gasteiger partial charge in [0.2, 0.25) is 5.91 Å². The fraction of sp³-hybridized carbons (Fsp3) is 0.211. The van der Waals surface area contributed by atoms with Crippen LogP contribution in [-0.2, 0) is 11.3 Å². The molecule has 0 aliphatic heterocycles. The highest BCUT2D eigenvalue weighted by atomic mass is 16.5. The summed E-state index contributed by atoms with van der Waals surface area (Å²) in [5.74, 6) is 0.639. The molecule has 0 radical (unpaired) electrons. The van der Waals surface area contributed by atoms with Gasteiger partial charge in [-0.2, -0.15) is 0 Å². The van der Waals surface area contributed by atoms with Crippen molar-refractivity contribution in [1.82, 2.24) is 5.32 Å². The third-order valence-electron chi connectivity index (χ3n) is 3.51. The maximum atomic E-state index is 11.9. The Morgan fingerprint density at radius 3 is 2.68 bits per heavy atom. The molecule has 0 bridgehead atoms. The highest BCUT2D eigenvalue weighted by Crippen LogP contribution is 2.20. The molecular formula is C19H21NO2. The van der Waals surface area contributed by atoms with Gasteiger partial charge in [0.25, 0.3) is 0 Å². The van der Waals surface area contributed by atoms with E-state index in [2.05, 4.69) is 5.32 Å². The number of hydrogen-bond acceptors (Lipinski definition) is 2. The topological polar surface area (TPSA) is 38.3 Å². The number of ether oxygens (including phenoxy) is 1. The Hall–Kier alpha value is -2.55. The normalized spacial score (nSPS) is 10.7. The van der Waals surface area contributed by atoms with Crippen LogP contribution in [0.1, 0.15) is 22.3 Å². The van der Waals surface area contributed by atoms with Gasteiger partial charge in [-0.05, 0) is 43.2 Å². The van der Waals surface area contributed by atoms with E-state index in [-0.39, 0.29) is 5.91 Å². The predicted molar refractivity (Wildman–Crippen MR) is 89.8 cm³/mol. The zero-order valence-electron chi connectivity index (χ0n) is 13.2. The summed E-state index contributed by atoms with van der Waals surface area (Å²) in [5.41, 5.74) is 4.32. The lowest BCUT2D eigenvalue weighted by Gasteiger charge is -2.07. The van der Waals surface area contributed by atoms with Gasteiger partial charge < -0.3 is 10.1 Å². The van der Waals surface area contributed by atoms with Crippen molar-refractivity contribution in [2.45, 2.75) is 20.4 Å². The van der Waals surface area contributed by atoms with Gasteiger partial charge in [0.05, 0.1) is 7.11 Å². The maximum Gasteiger partial charge on any atom is 0.244 e. The molecule has 0 aromatic heterocycles. The fourth-order valence-electron chi connectivity index (χ4n) is 2.20. The molecule has 0 saturated carbocycles. The van der Waals surface area contributed by atoms with Gasteiger partial charge in [0, 0.05) is 18.2 Å². The molecular weight excluding hydrogens is 274 g/mol. The first kappa shape index (κ1) is 15.8. The van der Waals surface area contributed by atoms with Crippen LogP contribution in [0.5, 0.6) is 5.75 Å². The van der Waals surface area contributed by atoms with Gasteiger partial charge >= 0.3 is 0 Å². The molecule has 0 aliphatic rings. The largest absolute Gasteiger partial charge is 0.496 e. The van der Waals surface area contributed by atoms with Crippen LogP contribution in [0.2, 0.25) is 0 Å². The van der Waals surface area contributed by atoms with Crippen LogP contribution in [0, 0.1) is 13.8 Å². The number of aryl methyl sites for hydroxylation is 2. The average Bonchev–Trinajstić information content (AvgIpc) is 2.52. The summed E-state index contributed by atoms with van der Waals surface area (Å²) < 4.78 is 5.29. The number of carbonyl (C=O) groups excluding carboxylic acids is 1. The number of methoxy groups -OCH3 is 1. The van der Waals surface area contributed by atoms with Crippen molar-refractivity contribution in [3.05, 3.63) is 70.8 Å². The molecule has 0 heterocycles. The first-order chi connectivity index (χ1) is 10.6. The van der Waals surface area contributed by atoms with Gasteiger partial charge in [-0.15, -0.1) is 0 Å². The molecule has 0 fully saturated rings. The summed E-state index contributed by atoms with van der Waals surface area (Å²) in [4.78, 5) is 11.9. The van der Waals surface area contributed by atoms with Crippen molar-refractivity contribution in [3.8, 4) is 5.75 Å². The lowest BCUT2D eigenvalue weighted by molar-refractivity contribution is -0.116. The molecule has 114 valence electrons. The van der Waals surface area contributed by atoms with E-state index < -0.39 is 0 Å². The Bertz CT molecular complexity index is 690. The lowest BCUT2D eigenvalue weighted by atomic mass is 10.1. The first-order valence-corrected chi connectivity index (χ1v) is 7.25. The van der Waals surface area contributed by atoms with Gasteiger partial charge in [-0.3, -0.25) is 4.79 Å². The van der Waals surface area contributed by atoms with Crippen LogP contribution >= 0.6 is 0 Å². The summed E-state index contributed by atoms with van der Waals surface area (Å²) >= 11 is 0. The second kappa shape index (κ2) is 7.46. The van der Waals surface area contributed by atoms with Crippen LogP contribution in [0.3, 0.4) is 0 Å². The quantitative estimate of drug-likeness (QED) is 0.855. The van der Waals surface area contributed by atoms with Crippen LogP contribution in [0.4, 0.5) is 0 Å².